The van der Waals surface area contributed by atoms with E-state index in [0.29, 0.717) is 18.0 Å². The largest absolute Gasteiger partial charge is 0.358 e. The maximum atomic E-state index is 12.4. The molecule has 2 aromatic carbocycles. The number of imidazole rings is 1. The molecule has 0 fully saturated rings. The first kappa shape index (κ1) is 17.6. The van der Waals surface area contributed by atoms with Gasteiger partial charge in [-0.15, -0.1) is 11.3 Å². The molecule has 3 N–H and O–H groups in total. The van der Waals surface area contributed by atoms with Gasteiger partial charge in [0.25, 0.3) is 0 Å². The van der Waals surface area contributed by atoms with Gasteiger partial charge >= 0.3 is 0 Å². The van der Waals surface area contributed by atoms with Crippen molar-refractivity contribution < 1.29 is 4.79 Å². The van der Waals surface area contributed by atoms with Crippen LogP contribution in [-0.2, 0) is 11.2 Å². The zero-order valence-corrected chi connectivity index (χ0v) is 16.6. The number of hydrogen-bond donors (Lipinski definition) is 3. The molecular formula is C22H19N5OS. The third-order valence-electron chi connectivity index (χ3n) is 4.93. The predicted molar refractivity (Wildman–Crippen MR) is 117 cm³/mol. The number of amides is 1. The number of nitrogens with one attached hydrogen (secondary N) is 3. The van der Waals surface area contributed by atoms with Crippen LogP contribution < -0.4 is 5.32 Å². The third-order valence-corrected chi connectivity index (χ3v) is 5.69. The highest BCUT2D eigenvalue weighted by Crippen LogP contribution is 2.33. The van der Waals surface area contributed by atoms with Crippen LogP contribution in [0.3, 0.4) is 0 Å². The summed E-state index contributed by atoms with van der Waals surface area (Å²) < 4.78 is 0. The number of rotatable bonds is 5. The molecule has 0 saturated carbocycles. The van der Waals surface area contributed by atoms with Crippen molar-refractivity contribution in [1.29, 1.82) is 0 Å². The monoisotopic (exact) mass is 401 g/mol. The molecule has 7 heteroatoms. The minimum absolute atomic E-state index is 0.0676. The van der Waals surface area contributed by atoms with E-state index in [2.05, 4.69) is 37.4 Å². The highest BCUT2D eigenvalue weighted by Gasteiger charge is 2.15. The summed E-state index contributed by atoms with van der Waals surface area (Å²) in [4.78, 5) is 28.2. The molecule has 0 unspecified atom stereocenters. The molecule has 5 aromatic rings. The normalized spacial score (nSPS) is 11.3. The van der Waals surface area contributed by atoms with Crippen molar-refractivity contribution in [2.75, 3.05) is 5.32 Å². The maximum Gasteiger partial charge on any atom is 0.226 e. The lowest BCUT2D eigenvalue weighted by atomic mass is 10.1. The lowest BCUT2D eigenvalue weighted by molar-refractivity contribution is -0.116. The number of nitrogens with zero attached hydrogens (tertiary/aromatic N) is 2. The zero-order chi connectivity index (χ0) is 19.8. The Morgan fingerprint density at radius 3 is 2.69 bits per heavy atom. The molecule has 0 bridgehead atoms. The molecule has 0 aliphatic carbocycles. The molecule has 0 spiro atoms. The second kappa shape index (κ2) is 7.18. The average molecular weight is 401 g/mol. The molecule has 3 aromatic heterocycles. The molecule has 144 valence electrons. The summed E-state index contributed by atoms with van der Waals surface area (Å²) in [6.07, 6.45) is 0.904. The Morgan fingerprint density at radius 2 is 1.83 bits per heavy atom. The predicted octanol–water partition coefficient (Wildman–Crippen LogP) is 5.05. The Bertz CT molecular complexity index is 1300. The molecular weight excluding hydrogens is 382 g/mol. The van der Waals surface area contributed by atoms with Crippen LogP contribution in [0.4, 0.5) is 5.13 Å². The standard InChI is InChI=1S/C22H19N5OS/c1-13-21(14-6-2-3-7-15(14)23-13)18-12-29-22(26-18)27-20(28)11-10-19-24-16-8-4-5-9-17(16)25-19/h2-9,12,23H,10-11H2,1H3,(H,24,25)(H,26,27,28). The van der Waals surface area contributed by atoms with Crippen LogP contribution in [0.25, 0.3) is 33.2 Å². The molecule has 5 rings (SSSR count). The first-order chi connectivity index (χ1) is 14.2. The molecule has 0 aliphatic rings. The van der Waals surface area contributed by atoms with Crippen LogP contribution in [0.1, 0.15) is 17.9 Å². The van der Waals surface area contributed by atoms with E-state index in [1.54, 1.807) is 0 Å². The van der Waals surface area contributed by atoms with Gasteiger partial charge in [0.05, 0.1) is 16.7 Å². The first-order valence-electron chi connectivity index (χ1n) is 9.44. The van der Waals surface area contributed by atoms with E-state index in [1.807, 2.05) is 48.7 Å². The number of benzene rings is 2. The van der Waals surface area contributed by atoms with E-state index in [0.717, 1.165) is 44.7 Å². The second-order valence-electron chi connectivity index (χ2n) is 6.96. The third kappa shape index (κ3) is 3.40. The number of thiazole rings is 1. The van der Waals surface area contributed by atoms with Gasteiger partial charge in [-0.25, -0.2) is 9.97 Å². The fraction of sp³-hybridized carbons (Fsp3) is 0.136. The van der Waals surface area contributed by atoms with Gasteiger partial charge in [0.15, 0.2) is 5.13 Å². The number of para-hydroxylation sites is 3. The van der Waals surface area contributed by atoms with E-state index in [1.165, 1.54) is 11.3 Å². The lowest BCUT2D eigenvalue weighted by Gasteiger charge is -2.00. The molecule has 0 aliphatic heterocycles. The maximum absolute atomic E-state index is 12.4. The summed E-state index contributed by atoms with van der Waals surface area (Å²) >= 11 is 1.44. The van der Waals surface area contributed by atoms with Gasteiger partial charge < -0.3 is 15.3 Å². The van der Waals surface area contributed by atoms with Crippen molar-refractivity contribution in [2.24, 2.45) is 0 Å². The van der Waals surface area contributed by atoms with Crippen LogP contribution in [0, 0.1) is 6.92 Å². The van der Waals surface area contributed by atoms with Crippen LogP contribution in [-0.4, -0.2) is 25.8 Å². The minimum Gasteiger partial charge on any atom is -0.358 e. The Kier molecular flexibility index (Phi) is 4.37. The van der Waals surface area contributed by atoms with Crippen molar-refractivity contribution in [3.63, 3.8) is 0 Å². The Hall–Kier alpha value is -3.45. The SMILES string of the molecule is Cc1[nH]c2ccccc2c1-c1csc(NC(=O)CCc2nc3ccccc3[nH]2)n1. The number of hydrogen-bond acceptors (Lipinski definition) is 4. The van der Waals surface area contributed by atoms with E-state index in [-0.39, 0.29) is 5.91 Å². The molecule has 0 radical (unpaired) electrons. The smallest absolute Gasteiger partial charge is 0.226 e. The van der Waals surface area contributed by atoms with Crippen LogP contribution >= 0.6 is 11.3 Å². The van der Waals surface area contributed by atoms with Gasteiger partial charge in [-0.1, -0.05) is 30.3 Å². The lowest BCUT2D eigenvalue weighted by Crippen LogP contribution is -2.12. The van der Waals surface area contributed by atoms with Crippen molar-refractivity contribution in [3.8, 4) is 11.3 Å². The van der Waals surface area contributed by atoms with Gasteiger partial charge in [-0.05, 0) is 25.1 Å². The van der Waals surface area contributed by atoms with Crippen molar-refractivity contribution in [3.05, 3.63) is 65.4 Å². The molecule has 1 amide bonds. The first-order valence-corrected chi connectivity index (χ1v) is 10.3. The quantitative estimate of drug-likeness (QED) is 0.385. The van der Waals surface area contributed by atoms with Crippen molar-refractivity contribution in [2.45, 2.75) is 19.8 Å². The van der Waals surface area contributed by atoms with Crippen LogP contribution in [0.2, 0.25) is 0 Å². The number of H-pyrrole nitrogens is 2. The van der Waals surface area contributed by atoms with Gasteiger partial charge in [0.2, 0.25) is 5.91 Å². The number of anilines is 1. The van der Waals surface area contributed by atoms with Gasteiger partial charge in [-0.2, -0.15) is 0 Å². The summed E-state index contributed by atoms with van der Waals surface area (Å²) in [5, 5.41) is 6.64. The van der Waals surface area contributed by atoms with E-state index in [9.17, 15) is 4.79 Å². The van der Waals surface area contributed by atoms with E-state index in [4.69, 9.17) is 0 Å². The topological polar surface area (TPSA) is 86.5 Å². The fourth-order valence-corrected chi connectivity index (χ4v) is 4.31. The van der Waals surface area contributed by atoms with Gasteiger partial charge in [0, 0.05) is 40.4 Å². The van der Waals surface area contributed by atoms with E-state index < -0.39 is 0 Å². The van der Waals surface area contributed by atoms with Crippen molar-refractivity contribution >= 4 is 44.3 Å². The Balaban J connectivity index is 1.28. The Morgan fingerprint density at radius 1 is 1.03 bits per heavy atom. The number of aromatic nitrogens is 4. The number of carbonyl (C=O) groups excluding carboxylic acids is 1. The zero-order valence-electron chi connectivity index (χ0n) is 15.8. The second-order valence-corrected chi connectivity index (χ2v) is 7.82. The summed E-state index contributed by atoms with van der Waals surface area (Å²) in [6, 6.07) is 16.0. The summed E-state index contributed by atoms with van der Waals surface area (Å²) in [5.74, 6) is 0.748. The minimum atomic E-state index is -0.0676. The molecule has 6 nitrogen and oxygen atoms in total. The Labute approximate surface area is 171 Å². The number of carbonyl (C=O) groups is 1. The fourth-order valence-electron chi connectivity index (χ4n) is 3.59. The summed E-state index contributed by atoms with van der Waals surface area (Å²) in [6.45, 7) is 2.04. The summed E-state index contributed by atoms with van der Waals surface area (Å²) in [5.41, 5.74) is 6.02. The van der Waals surface area contributed by atoms with Crippen LogP contribution in [0.5, 0.6) is 0 Å². The van der Waals surface area contributed by atoms with E-state index >= 15 is 0 Å². The van der Waals surface area contributed by atoms with Gasteiger partial charge in [-0.3, -0.25) is 4.79 Å². The number of aryl methyl sites for hydroxylation is 2. The average Bonchev–Trinajstić information content (AvgIpc) is 3.41. The van der Waals surface area contributed by atoms with Crippen LogP contribution in [0.15, 0.2) is 53.9 Å². The summed E-state index contributed by atoms with van der Waals surface area (Å²) in [7, 11) is 0. The molecule has 0 atom stereocenters. The molecule has 3 heterocycles. The highest BCUT2D eigenvalue weighted by atomic mass is 32.1. The number of aromatic amines is 2. The molecule has 29 heavy (non-hydrogen) atoms. The number of fused-ring (bicyclic) bond motifs is 2. The molecule has 0 saturated heterocycles. The van der Waals surface area contributed by atoms with Crippen molar-refractivity contribution in [1.82, 2.24) is 19.9 Å². The highest BCUT2D eigenvalue weighted by molar-refractivity contribution is 7.14. The van der Waals surface area contributed by atoms with Gasteiger partial charge in [0.1, 0.15) is 5.82 Å².